The average Bonchev–Trinajstić information content (AvgIpc) is 2.67. The van der Waals surface area contributed by atoms with Crippen LogP contribution in [0.25, 0.3) is 0 Å². The molecule has 0 aliphatic rings. The molecule has 2 aromatic carbocycles. The number of carbonyl (C=O) groups excluding carboxylic acids is 2. The maximum absolute atomic E-state index is 11.7. The van der Waals surface area contributed by atoms with Crippen molar-refractivity contribution < 1.29 is 17.1 Å². The van der Waals surface area contributed by atoms with E-state index in [2.05, 4.69) is 0 Å². The van der Waals surface area contributed by atoms with Gasteiger partial charge in [-0.1, -0.05) is 0 Å². The molecule has 0 aliphatic carbocycles. The van der Waals surface area contributed by atoms with Crippen LogP contribution in [0.4, 0.5) is 0 Å². The van der Waals surface area contributed by atoms with Crippen LogP contribution in [0.1, 0.15) is 0 Å². The molecule has 0 atom stereocenters. The summed E-state index contributed by atoms with van der Waals surface area (Å²) in [7, 11) is 0. The summed E-state index contributed by atoms with van der Waals surface area (Å²) < 4.78 is 18.5. The summed E-state index contributed by atoms with van der Waals surface area (Å²) in [6.45, 7) is 0. The van der Waals surface area contributed by atoms with Crippen LogP contribution in [-0.4, -0.2) is 23.7 Å². The van der Waals surface area contributed by atoms with Crippen molar-refractivity contribution in [2.24, 2.45) is 0 Å². The first-order chi connectivity index (χ1) is 12.1. The Kier molecular flexibility index (Phi) is 9.24. The van der Waals surface area contributed by atoms with Crippen molar-refractivity contribution in [1.29, 1.82) is 0 Å². The predicted octanol–water partition coefficient (Wildman–Crippen LogP) is 4.98. The van der Waals surface area contributed by atoms with Gasteiger partial charge in [-0.2, -0.15) is 0 Å². The van der Waals surface area contributed by atoms with E-state index in [1.807, 2.05) is 60.7 Å². The van der Waals surface area contributed by atoms with E-state index in [1.54, 1.807) is 0 Å². The SMILES string of the molecule is O=C(CCl)OI(OI(OC(=O)CCl)c1ccccc1)c1ccccc1. The first-order valence-electron chi connectivity index (χ1n) is 6.87. The van der Waals surface area contributed by atoms with E-state index >= 15 is 0 Å². The second-order valence-electron chi connectivity index (χ2n) is 4.25. The zero-order chi connectivity index (χ0) is 18.1. The van der Waals surface area contributed by atoms with Crippen molar-refractivity contribution in [1.82, 2.24) is 0 Å². The molecule has 0 heterocycles. The molecule has 9 heteroatoms. The molecule has 0 bridgehead atoms. The Labute approximate surface area is 171 Å². The molecule has 25 heavy (non-hydrogen) atoms. The summed E-state index contributed by atoms with van der Waals surface area (Å²) in [6.07, 6.45) is 0. The Bertz CT molecular complexity index is 628. The fraction of sp³-hybridized carbons (Fsp3) is 0.125. The Morgan fingerprint density at radius 1 is 0.720 bits per heavy atom. The number of hydrogen-bond acceptors (Lipinski definition) is 5. The third-order valence-corrected chi connectivity index (χ3v) is 12.8. The van der Waals surface area contributed by atoms with Gasteiger partial charge in [0.15, 0.2) is 0 Å². The van der Waals surface area contributed by atoms with E-state index in [4.69, 9.17) is 30.7 Å². The minimum absolute atomic E-state index is 0.273. The van der Waals surface area contributed by atoms with Gasteiger partial charge >= 0.3 is 173 Å². The fourth-order valence-corrected chi connectivity index (χ4v) is 11.8. The van der Waals surface area contributed by atoms with Crippen molar-refractivity contribution in [2.45, 2.75) is 0 Å². The third kappa shape index (κ3) is 6.89. The summed E-state index contributed by atoms with van der Waals surface area (Å²) in [5.41, 5.74) is 0. The molecule has 136 valence electrons. The number of benzene rings is 2. The minimum atomic E-state index is -2.86. The van der Waals surface area contributed by atoms with Crippen molar-refractivity contribution in [3.8, 4) is 0 Å². The molecule has 0 fully saturated rings. The van der Waals surface area contributed by atoms with E-state index in [0.29, 0.717) is 0 Å². The Balaban J connectivity index is 2.27. The topological polar surface area (TPSA) is 61.8 Å². The van der Waals surface area contributed by atoms with Crippen molar-refractivity contribution in [3.05, 3.63) is 67.8 Å². The van der Waals surface area contributed by atoms with Crippen molar-refractivity contribution in [3.63, 3.8) is 0 Å². The molecule has 0 unspecified atom stereocenters. The van der Waals surface area contributed by atoms with Crippen LogP contribution < -0.4 is 0 Å². The number of hydrogen-bond donors (Lipinski definition) is 0. The summed E-state index contributed by atoms with van der Waals surface area (Å²) in [6, 6.07) is 18.2. The molecule has 0 saturated carbocycles. The Hall–Kier alpha value is -0.620. The Morgan fingerprint density at radius 3 is 1.40 bits per heavy atom. The quantitative estimate of drug-likeness (QED) is 0.312. The van der Waals surface area contributed by atoms with Gasteiger partial charge < -0.3 is 0 Å². The first-order valence-corrected chi connectivity index (χ1v) is 13.6. The molecule has 2 rings (SSSR count). The van der Waals surface area contributed by atoms with Gasteiger partial charge in [0.1, 0.15) is 0 Å². The second kappa shape index (κ2) is 11.2. The fourth-order valence-electron chi connectivity index (χ4n) is 1.46. The molecule has 0 aliphatic heterocycles. The van der Waals surface area contributed by atoms with Crippen LogP contribution >= 0.6 is 64.5 Å². The van der Waals surface area contributed by atoms with Crippen LogP contribution in [-0.2, 0) is 17.1 Å². The molecule has 0 aromatic heterocycles. The zero-order valence-corrected chi connectivity index (χ0v) is 18.6. The molecule has 0 radical (unpaired) electrons. The van der Waals surface area contributed by atoms with Crippen molar-refractivity contribution >= 4 is 76.4 Å². The number of carbonyl (C=O) groups is 2. The van der Waals surface area contributed by atoms with E-state index in [0.717, 1.165) is 7.14 Å². The molecule has 2 aromatic rings. The van der Waals surface area contributed by atoms with Gasteiger partial charge in [0.25, 0.3) is 0 Å². The normalized spacial score (nSPS) is 11.4. The average molecular weight is 611 g/mol. The molecule has 0 saturated heterocycles. The number of alkyl halides is 2. The summed E-state index contributed by atoms with van der Waals surface area (Å²) in [4.78, 5) is 23.4. The van der Waals surface area contributed by atoms with Crippen LogP contribution in [0.2, 0.25) is 0 Å². The van der Waals surface area contributed by atoms with Crippen molar-refractivity contribution in [2.75, 3.05) is 11.8 Å². The standard InChI is InChI=1S/C16H14Cl2I2O5/c17-11-15(21)23-19(13-7-3-1-4-8-13)25-20(24-16(22)12-18)14-9-5-2-6-10-14/h1-10H,11-12H2. The molecule has 5 nitrogen and oxygen atoms in total. The zero-order valence-electron chi connectivity index (χ0n) is 12.7. The first kappa shape index (κ1) is 20.7. The summed E-state index contributed by atoms with van der Waals surface area (Å²) >= 11 is 5.38. The number of rotatable bonds is 8. The third-order valence-electron chi connectivity index (χ3n) is 2.46. The van der Waals surface area contributed by atoms with Gasteiger partial charge in [0.05, 0.1) is 0 Å². The number of halogens is 4. The van der Waals surface area contributed by atoms with E-state index in [-0.39, 0.29) is 11.8 Å². The van der Waals surface area contributed by atoms with Gasteiger partial charge in [-0.05, 0) is 0 Å². The molecule has 0 amide bonds. The summed E-state index contributed by atoms with van der Waals surface area (Å²) in [5, 5.41) is 0. The van der Waals surface area contributed by atoms with Crippen LogP contribution in [0.15, 0.2) is 60.7 Å². The van der Waals surface area contributed by atoms with Gasteiger partial charge in [-0.25, -0.2) is 0 Å². The van der Waals surface area contributed by atoms with Crippen LogP contribution in [0.5, 0.6) is 0 Å². The van der Waals surface area contributed by atoms with E-state index < -0.39 is 53.2 Å². The van der Waals surface area contributed by atoms with Crippen LogP contribution in [0.3, 0.4) is 0 Å². The van der Waals surface area contributed by atoms with Crippen LogP contribution in [0, 0.1) is 7.14 Å². The molecular weight excluding hydrogens is 597 g/mol. The van der Waals surface area contributed by atoms with Gasteiger partial charge in [0.2, 0.25) is 0 Å². The van der Waals surface area contributed by atoms with Gasteiger partial charge in [0, 0.05) is 0 Å². The van der Waals surface area contributed by atoms with E-state index in [9.17, 15) is 9.59 Å². The second-order valence-corrected chi connectivity index (χ2v) is 13.2. The van der Waals surface area contributed by atoms with E-state index in [1.165, 1.54) is 0 Å². The molecule has 0 N–H and O–H groups in total. The monoisotopic (exact) mass is 610 g/mol. The van der Waals surface area contributed by atoms with Gasteiger partial charge in [-0.3, -0.25) is 0 Å². The predicted molar refractivity (Wildman–Crippen MR) is 113 cm³/mol. The molecular formula is C16H14Cl2I2O5. The Morgan fingerprint density at radius 2 is 1.08 bits per heavy atom. The summed E-state index contributed by atoms with van der Waals surface area (Å²) in [5.74, 6) is -1.68. The maximum atomic E-state index is 11.7. The molecule has 0 spiro atoms. The van der Waals surface area contributed by atoms with Gasteiger partial charge in [-0.15, -0.1) is 0 Å².